The number of pyridine rings is 1. The Balaban J connectivity index is 3.25. The van der Waals surface area contributed by atoms with Crippen LogP contribution in [0, 0.1) is 6.92 Å². The van der Waals surface area contributed by atoms with Crippen LogP contribution in [0.5, 0.6) is 0 Å². The lowest BCUT2D eigenvalue weighted by molar-refractivity contribution is -0.137. The van der Waals surface area contributed by atoms with Gasteiger partial charge in [0.15, 0.2) is 5.82 Å². The van der Waals surface area contributed by atoms with Gasteiger partial charge in [0.05, 0.1) is 7.11 Å². The van der Waals surface area contributed by atoms with Gasteiger partial charge in [-0.05, 0) is 18.6 Å². The molecule has 0 aromatic carbocycles. The number of halogens is 3. The molecule has 0 N–H and O–H groups in total. The number of aromatic nitrogens is 1. The number of nitrogens with zero attached hydrogens (tertiary/aromatic N) is 2. The van der Waals surface area contributed by atoms with Crippen LogP contribution in [0.25, 0.3) is 0 Å². The van der Waals surface area contributed by atoms with Gasteiger partial charge >= 0.3 is 12.1 Å². The summed E-state index contributed by atoms with van der Waals surface area (Å²) in [5.41, 5.74) is -1.19. The standard InChI is InChI=1S/C10H9F3N2O2/c1-6-4-3-5-14-8(6)15-7(9(16)17-2)10(11,12)13/h3-5H,1-2H3. The van der Waals surface area contributed by atoms with E-state index in [1.807, 2.05) is 0 Å². The molecule has 0 amide bonds. The van der Waals surface area contributed by atoms with E-state index in [2.05, 4.69) is 14.7 Å². The molecule has 0 radical (unpaired) electrons. The monoisotopic (exact) mass is 246 g/mol. The third-order valence-electron chi connectivity index (χ3n) is 1.85. The van der Waals surface area contributed by atoms with E-state index in [0.717, 1.165) is 7.11 Å². The molecule has 4 nitrogen and oxygen atoms in total. The van der Waals surface area contributed by atoms with Gasteiger partial charge in [-0.3, -0.25) is 0 Å². The topological polar surface area (TPSA) is 51.5 Å². The van der Waals surface area contributed by atoms with E-state index in [1.54, 1.807) is 6.07 Å². The SMILES string of the molecule is COC(=O)C(=Nc1ncccc1C)C(F)(F)F. The zero-order valence-electron chi connectivity index (χ0n) is 9.08. The molecule has 0 fully saturated rings. The molecular weight excluding hydrogens is 237 g/mol. The first kappa shape index (κ1) is 13.1. The number of hydrogen-bond donors (Lipinski definition) is 0. The second kappa shape index (κ2) is 4.94. The average molecular weight is 246 g/mol. The van der Waals surface area contributed by atoms with Crippen molar-refractivity contribution in [1.82, 2.24) is 4.98 Å². The van der Waals surface area contributed by atoms with Gasteiger partial charge in [-0.2, -0.15) is 13.2 Å². The van der Waals surface area contributed by atoms with E-state index in [0.29, 0.717) is 5.56 Å². The van der Waals surface area contributed by atoms with Crippen LogP contribution in [0.4, 0.5) is 19.0 Å². The second-order valence-electron chi connectivity index (χ2n) is 3.09. The van der Waals surface area contributed by atoms with Gasteiger partial charge in [-0.25, -0.2) is 14.8 Å². The van der Waals surface area contributed by atoms with E-state index in [9.17, 15) is 18.0 Å². The van der Waals surface area contributed by atoms with Crippen molar-refractivity contribution in [3.63, 3.8) is 0 Å². The van der Waals surface area contributed by atoms with Crippen LogP contribution in [-0.4, -0.2) is 30.0 Å². The third-order valence-corrected chi connectivity index (χ3v) is 1.85. The highest BCUT2D eigenvalue weighted by Gasteiger charge is 2.42. The molecule has 0 aliphatic heterocycles. The van der Waals surface area contributed by atoms with Crippen molar-refractivity contribution in [3.8, 4) is 0 Å². The molecule has 7 heteroatoms. The minimum atomic E-state index is -4.88. The van der Waals surface area contributed by atoms with Gasteiger partial charge in [0.1, 0.15) is 0 Å². The lowest BCUT2D eigenvalue weighted by atomic mass is 10.3. The average Bonchev–Trinajstić information content (AvgIpc) is 2.25. The fourth-order valence-electron chi connectivity index (χ4n) is 1.02. The van der Waals surface area contributed by atoms with Crippen LogP contribution in [0.2, 0.25) is 0 Å². The molecule has 1 heterocycles. The van der Waals surface area contributed by atoms with Crippen LogP contribution in [0.1, 0.15) is 5.56 Å². The molecule has 1 rings (SSSR count). The maximum absolute atomic E-state index is 12.5. The number of carbonyl (C=O) groups is 1. The van der Waals surface area contributed by atoms with Crippen molar-refractivity contribution in [1.29, 1.82) is 0 Å². The number of rotatable bonds is 2. The Morgan fingerprint density at radius 3 is 2.59 bits per heavy atom. The molecular formula is C10H9F3N2O2. The highest BCUT2D eigenvalue weighted by Crippen LogP contribution is 2.22. The van der Waals surface area contributed by atoms with Crippen LogP contribution in [-0.2, 0) is 9.53 Å². The zero-order valence-corrected chi connectivity index (χ0v) is 9.08. The van der Waals surface area contributed by atoms with Crippen molar-refractivity contribution in [3.05, 3.63) is 23.9 Å². The molecule has 1 aromatic rings. The molecule has 0 aliphatic carbocycles. The summed E-state index contributed by atoms with van der Waals surface area (Å²) in [6.45, 7) is 1.54. The van der Waals surface area contributed by atoms with Crippen molar-refractivity contribution in [2.24, 2.45) is 4.99 Å². The number of aliphatic imine (C=N–C) groups is 1. The first-order valence-electron chi connectivity index (χ1n) is 4.52. The molecule has 17 heavy (non-hydrogen) atoms. The van der Waals surface area contributed by atoms with Crippen molar-refractivity contribution in [2.45, 2.75) is 13.1 Å². The smallest absolute Gasteiger partial charge is 0.440 e. The number of alkyl halides is 3. The maximum Gasteiger partial charge on any atom is 0.440 e. The van der Waals surface area contributed by atoms with Crippen LogP contribution >= 0.6 is 0 Å². The molecule has 0 aliphatic rings. The predicted octanol–water partition coefficient (Wildman–Crippen LogP) is 2.20. The third kappa shape index (κ3) is 3.27. The lowest BCUT2D eigenvalue weighted by Gasteiger charge is -2.08. The number of aryl methyl sites for hydroxylation is 1. The van der Waals surface area contributed by atoms with E-state index < -0.39 is 17.9 Å². The predicted molar refractivity (Wildman–Crippen MR) is 54.1 cm³/mol. The molecule has 0 unspecified atom stereocenters. The summed E-state index contributed by atoms with van der Waals surface area (Å²) in [7, 11) is 0.856. The van der Waals surface area contributed by atoms with Gasteiger partial charge in [0.25, 0.3) is 0 Å². The van der Waals surface area contributed by atoms with Gasteiger partial charge in [-0.1, -0.05) is 6.07 Å². The Bertz CT molecular complexity index is 455. The summed E-state index contributed by atoms with van der Waals surface area (Å²) in [4.78, 5) is 17.8. The Morgan fingerprint density at radius 1 is 1.47 bits per heavy atom. The Labute approximate surface area is 95.1 Å². The first-order chi connectivity index (χ1) is 7.86. The number of hydrogen-bond acceptors (Lipinski definition) is 4. The van der Waals surface area contributed by atoms with Crippen LogP contribution < -0.4 is 0 Å². The summed E-state index contributed by atoms with van der Waals surface area (Å²) in [6, 6.07) is 3.09. The Hall–Kier alpha value is -1.92. The minimum Gasteiger partial charge on any atom is -0.464 e. The van der Waals surface area contributed by atoms with Crippen LogP contribution in [0.3, 0.4) is 0 Å². The summed E-state index contributed by atoms with van der Waals surface area (Å²) < 4.78 is 41.6. The maximum atomic E-state index is 12.5. The summed E-state index contributed by atoms with van der Waals surface area (Å²) in [5.74, 6) is -1.70. The number of methoxy groups -OCH3 is 1. The second-order valence-corrected chi connectivity index (χ2v) is 3.09. The summed E-state index contributed by atoms with van der Waals surface area (Å²) in [6.07, 6.45) is -3.59. The molecule has 0 saturated carbocycles. The van der Waals surface area contributed by atoms with Crippen molar-refractivity contribution in [2.75, 3.05) is 7.11 Å². The van der Waals surface area contributed by atoms with Gasteiger partial charge in [0.2, 0.25) is 5.71 Å². The van der Waals surface area contributed by atoms with E-state index in [1.165, 1.54) is 19.2 Å². The minimum absolute atomic E-state index is 0.162. The van der Waals surface area contributed by atoms with Crippen molar-refractivity contribution < 1.29 is 22.7 Å². The number of esters is 1. The zero-order chi connectivity index (χ0) is 13.1. The molecule has 0 bridgehead atoms. The quantitative estimate of drug-likeness (QED) is 0.593. The first-order valence-corrected chi connectivity index (χ1v) is 4.52. The largest absolute Gasteiger partial charge is 0.464 e. The summed E-state index contributed by atoms with van der Waals surface area (Å²) in [5, 5.41) is 0. The van der Waals surface area contributed by atoms with Gasteiger partial charge < -0.3 is 4.74 Å². The van der Waals surface area contributed by atoms with Gasteiger partial charge in [0, 0.05) is 6.20 Å². The number of ether oxygens (including phenoxy) is 1. The Morgan fingerprint density at radius 2 is 2.12 bits per heavy atom. The summed E-state index contributed by atoms with van der Waals surface area (Å²) >= 11 is 0. The highest BCUT2D eigenvalue weighted by atomic mass is 19.4. The number of carbonyl (C=O) groups excluding carboxylic acids is 1. The Kier molecular flexibility index (Phi) is 3.82. The fraction of sp³-hybridized carbons (Fsp3) is 0.300. The van der Waals surface area contributed by atoms with E-state index >= 15 is 0 Å². The fourth-order valence-corrected chi connectivity index (χ4v) is 1.02. The van der Waals surface area contributed by atoms with Crippen LogP contribution in [0.15, 0.2) is 23.3 Å². The molecule has 0 saturated heterocycles. The molecule has 0 atom stereocenters. The molecule has 1 aromatic heterocycles. The van der Waals surface area contributed by atoms with Gasteiger partial charge in [-0.15, -0.1) is 0 Å². The molecule has 92 valence electrons. The van der Waals surface area contributed by atoms with E-state index in [-0.39, 0.29) is 5.82 Å². The van der Waals surface area contributed by atoms with E-state index in [4.69, 9.17) is 0 Å². The molecule has 0 spiro atoms. The lowest BCUT2D eigenvalue weighted by Crippen LogP contribution is -2.32. The normalized spacial score (nSPS) is 12.4. The highest BCUT2D eigenvalue weighted by molar-refractivity contribution is 6.39. The van der Waals surface area contributed by atoms with Crippen molar-refractivity contribution >= 4 is 17.5 Å².